The SMILES string of the molecule is NC(=O)NC(CC(=O)Nc1ccc(N2CCCCC2)c2ccncc12)c1ccccc1Cl. The van der Waals surface area contributed by atoms with Gasteiger partial charge in [0.2, 0.25) is 5.91 Å². The zero-order chi connectivity index (χ0) is 22.5. The minimum atomic E-state index is -0.719. The lowest BCUT2D eigenvalue weighted by Crippen LogP contribution is -2.35. The second-order valence-corrected chi connectivity index (χ2v) is 8.34. The van der Waals surface area contributed by atoms with Gasteiger partial charge in [-0.3, -0.25) is 9.78 Å². The van der Waals surface area contributed by atoms with Crippen LogP contribution in [0.4, 0.5) is 16.2 Å². The van der Waals surface area contributed by atoms with Crippen LogP contribution < -0.4 is 21.3 Å². The summed E-state index contributed by atoms with van der Waals surface area (Å²) in [5, 5.41) is 7.98. The topological polar surface area (TPSA) is 100 Å². The highest BCUT2D eigenvalue weighted by molar-refractivity contribution is 6.31. The van der Waals surface area contributed by atoms with Crippen LogP contribution in [0, 0.1) is 0 Å². The molecule has 0 saturated carbocycles. The Morgan fingerprint density at radius 3 is 2.59 bits per heavy atom. The number of piperidine rings is 1. The van der Waals surface area contributed by atoms with Crippen LogP contribution >= 0.6 is 11.6 Å². The summed E-state index contributed by atoms with van der Waals surface area (Å²) in [5.41, 5.74) is 7.80. The van der Waals surface area contributed by atoms with Gasteiger partial charge in [0, 0.05) is 47.0 Å². The summed E-state index contributed by atoms with van der Waals surface area (Å²) in [4.78, 5) is 31.1. The zero-order valence-corrected chi connectivity index (χ0v) is 18.4. The van der Waals surface area contributed by atoms with Crippen molar-refractivity contribution in [1.82, 2.24) is 10.3 Å². The van der Waals surface area contributed by atoms with Gasteiger partial charge >= 0.3 is 6.03 Å². The van der Waals surface area contributed by atoms with E-state index < -0.39 is 12.1 Å². The Kier molecular flexibility index (Phi) is 6.75. The fourth-order valence-electron chi connectivity index (χ4n) is 4.25. The molecule has 0 radical (unpaired) electrons. The summed E-state index contributed by atoms with van der Waals surface area (Å²) in [7, 11) is 0. The van der Waals surface area contributed by atoms with Gasteiger partial charge in [0.15, 0.2) is 0 Å². The van der Waals surface area contributed by atoms with Gasteiger partial charge in [0.25, 0.3) is 0 Å². The molecule has 4 rings (SSSR count). The third-order valence-electron chi connectivity index (χ3n) is 5.75. The molecule has 0 bridgehead atoms. The summed E-state index contributed by atoms with van der Waals surface area (Å²) >= 11 is 6.28. The molecule has 8 heteroatoms. The van der Waals surface area contributed by atoms with Crippen LogP contribution in [-0.4, -0.2) is 30.0 Å². The number of carbonyl (C=O) groups is 2. The first-order chi connectivity index (χ1) is 15.5. The number of amides is 3. The van der Waals surface area contributed by atoms with Gasteiger partial charge in [0.1, 0.15) is 0 Å². The van der Waals surface area contributed by atoms with Crippen molar-refractivity contribution in [3.63, 3.8) is 0 Å². The predicted molar refractivity (Wildman–Crippen MR) is 128 cm³/mol. The molecule has 3 aromatic rings. The van der Waals surface area contributed by atoms with Crippen LogP contribution in [0.15, 0.2) is 54.9 Å². The maximum atomic E-state index is 12.9. The smallest absolute Gasteiger partial charge is 0.312 e. The number of pyridine rings is 1. The lowest BCUT2D eigenvalue weighted by atomic mass is 10.0. The van der Waals surface area contributed by atoms with Crippen LogP contribution in [0.3, 0.4) is 0 Å². The fourth-order valence-corrected chi connectivity index (χ4v) is 4.52. The molecule has 1 aromatic heterocycles. The third kappa shape index (κ3) is 4.94. The second kappa shape index (κ2) is 9.87. The molecule has 1 aliphatic rings. The van der Waals surface area contributed by atoms with E-state index in [0.29, 0.717) is 16.3 Å². The molecule has 2 heterocycles. The molecule has 7 nitrogen and oxygen atoms in total. The van der Waals surface area contributed by atoms with Crippen molar-refractivity contribution in [2.45, 2.75) is 31.7 Å². The molecule has 1 saturated heterocycles. The van der Waals surface area contributed by atoms with Crippen molar-refractivity contribution in [2.75, 3.05) is 23.3 Å². The summed E-state index contributed by atoms with van der Waals surface area (Å²) in [5.74, 6) is -0.264. The minimum Gasteiger partial charge on any atom is -0.371 e. The number of primary amides is 1. The van der Waals surface area contributed by atoms with E-state index in [4.69, 9.17) is 17.3 Å². The summed E-state index contributed by atoms with van der Waals surface area (Å²) in [6, 6.07) is 11.7. The molecule has 4 N–H and O–H groups in total. The van der Waals surface area contributed by atoms with Gasteiger partial charge in [0.05, 0.1) is 18.2 Å². The molecule has 1 fully saturated rings. The van der Waals surface area contributed by atoms with Gasteiger partial charge in [-0.15, -0.1) is 0 Å². The van der Waals surface area contributed by atoms with Gasteiger partial charge in [-0.2, -0.15) is 0 Å². The Hall–Kier alpha value is -3.32. The molecule has 166 valence electrons. The summed E-state index contributed by atoms with van der Waals surface area (Å²) in [6.45, 7) is 2.06. The lowest BCUT2D eigenvalue weighted by molar-refractivity contribution is -0.116. The van der Waals surface area contributed by atoms with E-state index in [1.807, 2.05) is 12.1 Å². The molecule has 2 aromatic carbocycles. The van der Waals surface area contributed by atoms with Gasteiger partial charge in [-0.25, -0.2) is 4.79 Å². The third-order valence-corrected chi connectivity index (χ3v) is 6.10. The van der Waals surface area contributed by atoms with E-state index in [-0.39, 0.29) is 12.3 Å². The Morgan fingerprint density at radius 1 is 1.06 bits per heavy atom. The van der Waals surface area contributed by atoms with Crippen LogP contribution in [-0.2, 0) is 4.79 Å². The van der Waals surface area contributed by atoms with Gasteiger partial charge in [-0.1, -0.05) is 29.8 Å². The average Bonchev–Trinajstić information content (AvgIpc) is 2.79. The first-order valence-electron chi connectivity index (χ1n) is 10.7. The van der Waals surface area contributed by atoms with E-state index >= 15 is 0 Å². The Balaban J connectivity index is 1.58. The number of fused-ring (bicyclic) bond motifs is 1. The Morgan fingerprint density at radius 2 is 1.84 bits per heavy atom. The Bertz CT molecular complexity index is 1130. The standard InChI is InChI=1S/C24H26ClN5O2/c25-19-7-3-2-6-17(19)21(29-24(26)32)14-23(31)28-20-8-9-22(30-12-4-1-5-13-30)16-10-11-27-15-18(16)20/h2-3,6-11,15,21H,1,4-5,12-14H2,(H,28,31)(H3,26,29,32). The summed E-state index contributed by atoms with van der Waals surface area (Å²) in [6.07, 6.45) is 7.15. The fraction of sp³-hybridized carbons (Fsp3) is 0.292. The Labute approximate surface area is 191 Å². The van der Waals surface area contributed by atoms with E-state index in [2.05, 4.69) is 26.6 Å². The highest BCUT2D eigenvalue weighted by Gasteiger charge is 2.21. The van der Waals surface area contributed by atoms with Crippen molar-refractivity contribution in [2.24, 2.45) is 5.73 Å². The molecule has 1 atom stereocenters. The maximum absolute atomic E-state index is 12.9. The van der Waals surface area contributed by atoms with Crippen molar-refractivity contribution in [3.8, 4) is 0 Å². The maximum Gasteiger partial charge on any atom is 0.312 e. The normalized spacial score (nSPS) is 14.7. The number of nitrogens with two attached hydrogens (primary N) is 1. The zero-order valence-electron chi connectivity index (χ0n) is 17.7. The van der Waals surface area contributed by atoms with E-state index in [9.17, 15) is 9.59 Å². The quantitative estimate of drug-likeness (QED) is 0.509. The van der Waals surface area contributed by atoms with Crippen molar-refractivity contribution < 1.29 is 9.59 Å². The number of nitrogens with zero attached hydrogens (tertiary/aromatic N) is 2. The van der Waals surface area contributed by atoms with Crippen LogP contribution in [0.1, 0.15) is 37.3 Å². The first kappa shape index (κ1) is 21.9. The molecular weight excluding hydrogens is 426 g/mol. The molecule has 1 unspecified atom stereocenters. The highest BCUT2D eigenvalue weighted by Crippen LogP contribution is 2.34. The van der Waals surface area contributed by atoms with Crippen LogP contribution in [0.5, 0.6) is 0 Å². The summed E-state index contributed by atoms with van der Waals surface area (Å²) < 4.78 is 0. The number of halogens is 1. The number of hydrogen-bond acceptors (Lipinski definition) is 4. The number of benzene rings is 2. The number of anilines is 2. The predicted octanol–water partition coefficient (Wildman–Crippen LogP) is 4.62. The van der Waals surface area contributed by atoms with Gasteiger partial charge < -0.3 is 21.3 Å². The largest absolute Gasteiger partial charge is 0.371 e. The number of carbonyl (C=O) groups excluding carboxylic acids is 2. The monoisotopic (exact) mass is 451 g/mol. The van der Waals surface area contributed by atoms with Crippen LogP contribution in [0.2, 0.25) is 5.02 Å². The number of hydrogen-bond donors (Lipinski definition) is 3. The van der Waals surface area contributed by atoms with Crippen molar-refractivity contribution >= 4 is 45.7 Å². The number of nitrogens with one attached hydrogen (secondary N) is 2. The van der Waals surface area contributed by atoms with E-state index in [0.717, 1.165) is 29.5 Å². The van der Waals surface area contributed by atoms with Crippen molar-refractivity contribution in [3.05, 3.63) is 65.4 Å². The second-order valence-electron chi connectivity index (χ2n) is 7.94. The molecular formula is C24H26ClN5O2. The molecule has 32 heavy (non-hydrogen) atoms. The number of aromatic nitrogens is 1. The number of urea groups is 1. The van der Waals surface area contributed by atoms with Gasteiger partial charge in [-0.05, 0) is 49.1 Å². The highest BCUT2D eigenvalue weighted by atomic mass is 35.5. The molecule has 0 spiro atoms. The van der Waals surface area contributed by atoms with Crippen molar-refractivity contribution in [1.29, 1.82) is 0 Å². The van der Waals surface area contributed by atoms with E-state index in [1.165, 1.54) is 19.3 Å². The molecule has 0 aliphatic carbocycles. The van der Waals surface area contributed by atoms with E-state index in [1.54, 1.807) is 36.7 Å². The number of rotatable bonds is 6. The average molecular weight is 452 g/mol. The first-order valence-corrected chi connectivity index (χ1v) is 11.1. The lowest BCUT2D eigenvalue weighted by Gasteiger charge is -2.30. The molecule has 1 aliphatic heterocycles. The van der Waals surface area contributed by atoms with Crippen LogP contribution in [0.25, 0.3) is 10.8 Å². The minimum absolute atomic E-state index is 0.0116. The molecule has 3 amide bonds.